The Balaban J connectivity index is 1.86. The number of fused-ring (bicyclic) bond motifs is 2. The average molecular weight is 319 g/mol. The zero-order valence-corrected chi connectivity index (χ0v) is 13.3. The zero-order chi connectivity index (χ0) is 16.3. The van der Waals surface area contributed by atoms with Crippen molar-refractivity contribution in [2.45, 2.75) is 18.9 Å². The first kappa shape index (κ1) is 13.4. The molecule has 120 valence electrons. The van der Waals surface area contributed by atoms with Crippen LogP contribution in [0.1, 0.15) is 18.9 Å². The number of hydrogen-bond donors (Lipinski definition) is 2. The second-order valence-corrected chi connectivity index (χ2v) is 6.14. The molecule has 7 nitrogen and oxygen atoms in total. The van der Waals surface area contributed by atoms with E-state index in [9.17, 15) is 0 Å². The van der Waals surface area contributed by atoms with Crippen LogP contribution in [0.4, 0.5) is 11.5 Å². The molecule has 0 bridgehead atoms. The minimum absolute atomic E-state index is 0.514. The van der Waals surface area contributed by atoms with Crippen molar-refractivity contribution in [1.29, 1.82) is 0 Å². The first-order valence-corrected chi connectivity index (χ1v) is 8.03. The van der Waals surface area contributed by atoms with Crippen molar-refractivity contribution in [2.75, 3.05) is 18.1 Å². The predicted molar refractivity (Wildman–Crippen MR) is 93.9 cm³/mol. The zero-order valence-electron chi connectivity index (χ0n) is 13.3. The average Bonchev–Trinajstić information content (AvgIpc) is 3.18. The molecular weight excluding hydrogens is 302 g/mol. The summed E-state index contributed by atoms with van der Waals surface area (Å²) in [5.74, 6) is 0.514. The fourth-order valence-electron chi connectivity index (χ4n) is 3.36. The summed E-state index contributed by atoms with van der Waals surface area (Å²) >= 11 is 0. The van der Waals surface area contributed by atoms with Gasteiger partial charge in [-0.2, -0.15) is 0 Å². The molecule has 4 aromatic rings. The van der Waals surface area contributed by atoms with Crippen molar-refractivity contribution >= 4 is 28.2 Å². The maximum absolute atomic E-state index is 6.20. The van der Waals surface area contributed by atoms with E-state index >= 15 is 0 Å². The van der Waals surface area contributed by atoms with Crippen LogP contribution in [0.25, 0.3) is 27.9 Å². The van der Waals surface area contributed by atoms with Gasteiger partial charge in [0.25, 0.3) is 0 Å². The summed E-state index contributed by atoms with van der Waals surface area (Å²) in [5.41, 5.74) is 11.1. The summed E-state index contributed by atoms with van der Waals surface area (Å²) in [5, 5.41) is 4.09. The largest absolute Gasteiger partial charge is 0.385 e. The van der Waals surface area contributed by atoms with Gasteiger partial charge in [-0.1, -0.05) is 0 Å². The van der Waals surface area contributed by atoms with E-state index in [0.717, 1.165) is 33.6 Å². The highest BCUT2D eigenvalue weighted by Crippen LogP contribution is 2.42. The molecule has 0 saturated heterocycles. The van der Waals surface area contributed by atoms with Crippen LogP contribution in [0.2, 0.25) is 0 Å². The predicted octanol–water partition coefficient (Wildman–Crippen LogP) is 2.70. The van der Waals surface area contributed by atoms with Crippen LogP contribution < -0.4 is 11.1 Å². The summed E-state index contributed by atoms with van der Waals surface area (Å²) in [6.07, 6.45) is 9.84. The Bertz CT molecular complexity index is 1070. The molecular formula is C17H17N7. The third-order valence-corrected chi connectivity index (χ3v) is 4.67. The molecule has 7 heteroatoms. The van der Waals surface area contributed by atoms with E-state index in [1.807, 2.05) is 19.3 Å². The maximum Gasteiger partial charge on any atom is 0.160 e. The summed E-state index contributed by atoms with van der Waals surface area (Å²) in [6, 6.07) is 4.64. The number of pyridine rings is 1. The summed E-state index contributed by atoms with van der Waals surface area (Å²) < 4.78 is 4.31. The Labute approximate surface area is 138 Å². The first-order valence-electron chi connectivity index (χ1n) is 8.03. The van der Waals surface area contributed by atoms with Crippen LogP contribution in [0.5, 0.6) is 0 Å². The van der Waals surface area contributed by atoms with Crippen molar-refractivity contribution in [3.05, 3.63) is 37.1 Å². The van der Waals surface area contributed by atoms with Crippen LogP contribution in [0.3, 0.4) is 0 Å². The quantitative estimate of drug-likeness (QED) is 0.606. The van der Waals surface area contributed by atoms with E-state index in [0.29, 0.717) is 11.9 Å². The maximum atomic E-state index is 6.20. The Hall–Kier alpha value is -3.09. The van der Waals surface area contributed by atoms with Gasteiger partial charge in [0.1, 0.15) is 17.8 Å². The van der Waals surface area contributed by atoms with E-state index in [1.165, 1.54) is 19.2 Å². The molecule has 0 spiro atoms. The van der Waals surface area contributed by atoms with Crippen molar-refractivity contribution in [1.82, 2.24) is 23.9 Å². The highest BCUT2D eigenvalue weighted by molar-refractivity contribution is 6.00. The highest BCUT2D eigenvalue weighted by Gasteiger charge is 2.28. The van der Waals surface area contributed by atoms with Crippen LogP contribution in [0, 0.1) is 0 Å². The number of nitrogen functional groups attached to an aromatic ring is 1. The van der Waals surface area contributed by atoms with E-state index in [2.05, 4.69) is 41.5 Å². The van der Waals surface area contributed by atoms with E-state index in [4.69, 9.17) is 5.73 Å². The number of aromatic nitrogens is 5. The lowest BCUT2D eigenvalue weighted by Crippen LogP contribution is -1.98. The number of imidazole rings is 1. The minimum Gasteiger partial charge on any atom is -0.385 e. The van der Waals surface area contributed by atoms with Gasteiger partial charge < -0.3 is 15.6 Å². The van der Waals surface area contributed by atoms with E-state index in [-0.39, 0.29) is 0 Å². The van der Waals surface area contributed by atoms with Gasteiger partial charge >= 0.3 is 0 Å². The Kier molecular flexibility index (Phi) is 2.62. The fraction of sp³-hybridized carbons (Fsp3) is 0.235. The smallest absolute Gasteiger partial charge is 0.160 e. The third-order valence-electron chi connectivity index (χ3n) is 4.67. The molecule has 0 amide bonds. The lowest BCUT2D eigenvalue weighted by molar-refractivity contribution is 0.766. The van der Waals surface area contributed by atoms with Crippen molar-refractivity contribution in [3.8, 4) is 11.3 Å². The van der Waals surface area contributed by atoms with Gasteiger partial charge in [0, 0.05) is 37.2 Å². The molecule has 24 heavy (non-hydrogen) atoms. The molecule has 0 aromatic carbocycles. The van der Waals surface area contributed by atoms with Crippen LogP contribution in [-0.4, -0.2) is 31.0 Å². The lowest BCUT2D eigenvalue weighted by atomic mass is 10.1. The molecule has 0 unspecified atom stereocenters. The molecule has 0 radical (unpaired) electrons. The number of nitrogens with zero attached hydrogens (tertiary/aromatic N) is 5. The molecule has 1 fully saturated rings. The normalized spacial score (nSPS) is 14.5. The molecule has 3 N–H and O–H groups in total. The Morgan fingerprint density at radius 1 is 1.17 bits per heavy atom. The van der Waals surface area contributed by atoms with Gasteiger partial charge in [0.2, 0.25) is 0 Å². The van der Waals surface area contributed by atoms with Crippen molar-refractivity contribution in [3.63, 3.8) is 0 Å². The lowest BCUT2D eigenvalue weighted by Gasteiger charge is -2.08. The summed E-state index contributed by atoms with van der Waals surface area (Å²) in [4.78, 5) is 13.2. The van der Waals surface area contributed by atoms with Crippen molar-refractivity contribution in [2.24, 2.45) is 0 Å². The minimum atomic E-state index is 0.514. The summed E-state index contributed by atoms with van der Waals surface area (Å²) in [7, 11) is 1.90. The molecule has 1 aliphatic carbocycles. The molecule has 1 saturated carbocycles. The first-order chi connectivity index (χ1) is 11.8. The Morgan fingerprint density at radius 2 is 2.04 bits per heavy atom. The molecule has 0 atom stereocenters. The van der Waals surface area contributed by atoms with Crippen LogP contribution >= 0.6 is 0 Å². The van der Waals surface area contributed by atoms with Gasteiger partial charge in [-0.05, 0) is 25.0 Å². The molecule has 0 aliphatic heterocycles. The SMILES string of the molecule is CNc1ccc(-c2cn(C3CC3)c3ncnc(N)c23)n2ccnc12. The second kappa shape index (κ2) is 4.70. The number of nitrogens with one attached hydrogen (secondary N) is 1. The number of nitrogens with two attached hydrogens (primary N) is 1. The second-order valence-electron chi connectivity index (χ2n) is 6.14. The van der Waals surface area contributed by atoms with Gasteiger partial charge in [0.15, 0.2) is 5.65 Å². The Morgan fingerprint density at radius 3 is 2.83 bits per heavy atom. The molecule has 1 aliphatic rings. The van der Waals surface area contributed by atoms with Crippen LogP contribution in [0.15, 0.2) is 37.1 Å². The highest BCUT2D eigenvalue weighted by atomic mass is 15.1. The number of anilines is 2. The topological polar surface area (TPSA) is 86.1 Å². The monoisotopic (exact) mass is 319 g/mol. The van der Waals surface area contributed by atoms with Crippen molar-refractivity contribution < 1.29 is 0 Å². The number of hydrogen-bond acceptors (Lipinski definition) is 5. The standard InChI is InChI=1S/C17H17N7/c1-19-12-4-5-13(23-7-6-20-16(12)23)11-8-24(10-2-3-10)17-14(11)15(18)21-9-22-17/h4-10,19H,2-3H2,1H3,(H2,18,21,22). The van der Waals surface area contributed by atoms with Gasteiger partial charge in [-0.3, -0.25) is 4.40 Å². The molecule has 4 heterocycles. The van der Waals surface area contributed by atoms with Gasteiger partial charge in [0.05, 0.1) is 16.8 Å². The van der Waals surface area contributed by atoms with E-state index < -0.39 is 0 Å². The molecule has 4 aromatic heterocycles. The third kappa shape index (κ3) is 1.75. The number of rotatable bonds is 3. The van der Waals surface area contributed by atoms with Gasteiger partial charge in [-0.25, -0.2) is 15.0 Å². The van der Waals surface area contributed by atoms with Crippen LogP contribution in [-0.2, 0) is 0 Å². The van der Waals surface area contributed by atoms with Gasteiger partial charge in [-0.15, -0.1) is 0 Å². The van der Waals surface area contributed by atoms with E-state index in [1.54, 1.807) is 6.20 Å². The summed E-state index contributed by atoms with van der Waals surface area (Å²) in [6.45, 7) is 0. The molecule has 5 rings (SSSR count). The fourth-order valence-corrected chi connectivity index (χ4v) is 3.36.